The molecule has 7 nitrogen and oxygen atoms in total. The Morgan fingerprint density at radius 3 is 2.67 bits per heavy atom. The van der Waals surface area contributed by atoms with Crippen molar-refractivity contribution in [3.05, 3.63) is 41.3 Å². The van der Waals surface area contributed by atoms with E-state index in [1.165, 1.54) is 12.8 Å². The molecule has 0 amide bonds. The first-order valence-electron chi connectivity index (χ1n) is 10.5. The van der Waals surface area contributed by atoms with E-state index in [1.54, 1.807) is 7.11 Å². The molecule has 0 bridgehead atoms. The summed E-state index contributed by atoms with van der Waals surface area (Å²) >= 11 is 0. The predicted octanol–water partition coefficient (Wildman–Crippen LogP) is 4.44. The molecule has 0 unspecified atom stereocenters. The van der Waals surface area contributed by atoms with Gasteiger partial charge in [-0.05, 0) is 51.2 Å². The van der Waals surface area contributed by atoms with Crippen molar-refractivity contribution in [2.75, 3.05) is 13.7 Å². The van der Waals surface area contributed by atoms with Crippen LogP contribution in [0.5, 0.6) is 11.5 Å². The van der Waals surface area contributed by atoms with E-state index in [9.17, 15) is 0 Å². The van der Waals surface area contributed by atoms with Crippen LogP contribution in [0.25, 0.3) is 0 Å². The summed E-state index contributed by atoms with van der Waals surface area (Å²) in [6.07, 6.45) is 5.84. The molecule has 0 spiro atoms. The topological polar surface area (TPSA) is 80.9 Å². The first kappa shape index (κ1) is 24.3. The minimum atomic E-state index is 0. The van der Waals surface area contributed by atoms with Crippen LogP contribution in [-0.4, -0.2) is 30.9 Å². The van der Waals surface area contributed by atoms with E-state index in [4.69, 9.17) is 19.0 Å². The number of guanidine groups is 1. The van der Waals surface area contributed by atoms with E-state index >= 15 is 0 Å². The van der Waals surface area contributed by atoms with E-state index in [1.807, 2.05) is 31.2 Å². The first-order chi connectivity index (χ1) is 14.2. The molecule has 0 saturated heterocycles. The highest BCUT2D eigenvalue weighted by Crippen LogP contribution is 2.30. The van der Waals surface area contributed by atoms with Crippen molar-refractivity contribution in [1.82, 2.24) is 15.8 Å². The van der Waals surface area contributed by atoms with Crippen LogP contribution in [0.1, 0.15) is 56.5 Å². The molecular weight excluding hydrogens is 495 g/mol. The predicted molar refractivity (Wildman–Crippen MR) is 129 cm³/mol. The quantitative estimate of drug-likeness (QED) is 0.285. The second-order valence-electron chi connectivity index (χ2n) is 7.18. The fourth-order valence-corrected chi connectivity index (χ4v) is 3.37. The third-order valence-electron chi connectivity index (χ3n) is 5.02. The zero-order valence-corrected chi connectivity index (χ0v) is 20.4. The molecule has 2 N–H and O–H groups in total. The maximum absolute atomic E-state index is 6.27. The minimum absolute atomic E-state index is 0. The van der Waals surface area contributed by atoms with Crippen LogP contribution in [0.3, 0.4) is 0 Å². The van der Waals surface area contributed by atoms with Gasteiger partial charge in [0.2, 0.25) is 0 Å². The number of methoxy groups -OCH3 is 1. The number of aryl methyl sites for hydroxylation is 1. The lowest BCUT2D eigenvalue weighted by atomic mass is 10.2. The van der Waals surface area contributed by atoms with Crippen molar-refractivity contribution >= 4 is 29.9 Å². The van der Waals surface area contributed by atoms with Crippen LogP contribution >= 0.6 is 24.0 Å². The van der Waals surface area contributed by atoms with E-state index in [0.29, 0.717) is 13.1 Å². The van der Waals surface area contributed by atoms with Crippen LogP contribution < -0.4 is 20.1 Å². The number of hydrogen-bond acceptors (Lipinski definition) is 5. The Morgan fingerprint density at radius 1 is 1.20 bits per heavy atom. The Labute approximate surface area is 196 Å². The lowest BCUT2D eigenvalue weighted by molar-refractivity contribution is 0.207. The van der Waals surface area contributed by atoms with Crippen LogP contribution in [0.4, 0.5) is 0 Å². The zero-order chi connectivity index (χ0) is 20.5. The molecule has 0 radical (unpaired) electrons. The molecular formula is C22H33IN4O3. The summed E-state index contributed by atoms with van der Waals surface area (Å²) < 4.78 is 17.0. The van der Waals surface area contributed by atoms with Crippen molar-refractivity contribution in [2.45, 2.75) is 65.1 Å². The first-order valence-corrected chi connectivity index (χ1v) is 10.5. The molecule has 1 aliphatic rings. The average Bonchev–Trinajstić information content (AvgIpc) is 3.42. The van der Waals surface area contributed by atoms with Gasteiger partial charge in [0.25, 0.3) is 0 Å². The Morgan fingerprint density at radius 2 is 2.00 bits per heavy atom. The van der Waals surface area contributed by atoms with E-state index in [-0.39, 0.29) is 30.1 Å². The standard InChI is InChI=1S/C22H32N4O3.HI/c1-4-17-12-20(29-26-17)15-25-22(23-5-2)24-14-16-10-11-19(27-3)13-21(16)28-18-8-6-7-9-18;/h10-13,18H,4-9,14-15H2,1-3H3,(H2,23,24,25);1H. The summed E-state index contributed by atoms with van der Waals surface area (Å²) in [5.74, 6) is 3.18. The molecule has 30 heavy (non-hydrogen) atoms. The minimum Gasteiger partial charge on any atom is -0.497 e. The molecule has 1 heterocycles. The van der Waals surface area contributed by atoms with Gasteiger partial charge in [-0.25, -0.2) is 4.99 Å². The highest BCUT2D eigenvalue weighted by Gasteiger charge is 2.18. The fraction of sp³-hybridized carbons (Fsp3) is 0.545. The van der Waals surface area contributed by atoms with Crippen molar-refractivity contribution in [3.8, 4) is 11.5 Å². The van der Waals surface area contributed by atoms with Crippen LogP contribution in [0, 0.1) is 0 Å². The number of hydrogen-bond donors (Lipinski definition) is 2. The van der Waals surface area contributed by atoms with Gasteiger partial charge in [-0.2, -0.15) is 0 Å². The molecule has 3 rings (SSSR count). The molecule has 0 atom stereocenters. The van der Waals surface area contributed by atoms with Gasteiger partial charge in [0.1, 0.15) is 11.5 Å². The van der Waals surface area contributed by atoms with Gasteiger partial charge in [0.15, 0.2) is 11.7 Å². The second-order valence-corrected chi connectivity index (χ2v) is 7.18. The number of rotatable bonds is 9. The number of aliphatic imine (C=N–C) groups is 1. The third-order valence-corrected chi connectivity index (χ3v) is 5.02. The van der Waals surface area contributed by atoms with E-state index in [2.05, 4.69) is 22.7 Å². The highest BCUT2D eigenvalue weighted by atomic mass is 127. The molecule has 1 saturated carbocycles. The van der Waals surface area contributed by atoms with E-state index < -0.39 is 0 Å². The SMILES string of the molecule is CCNC(=NCc1ccc(OC)cc1OC1CCCC1)NCc1cc(CC)no1.I. The zero-order valence-electron chi connectivity index (χ0n) is 18.1. The number of nitrogens with one attached hydrogen (secondary N) is 2. The largest absolute Gasteiger partial charge is 0.497 e. The Balaban J connectivity index is 0.00000320. The Kier molecular flexibility index (Phi) is 10.3. The van der Waals surface area contributed by atoms with Crippen molar-refractivity contribution in [2.24, 2.45) is 4.99 Å². The van der Waals surface area contributed by atoms with Crippen molar-refractivity contribution < 1.29 is 14.0 Å². The van der Waals surface area contributed by atoms with Crippen LogP contribution in [0.15, 0.2) is 33.8 Å². The molecule has 1 aromatic carbocycles. The maximum Gasteiger partial charge on any atom is 0.191 e. The maximum atomic E-state index is 6.27. The van der Waals surface area contributed by atoms with Gasteiger partial charge in [-0.3, -0.25) is 0 Å². The van der Waals surface area contributed by atoms with Gasteiger partial charge < -0.3 is 24.6 Å². The summed E-state index contributed by atoms with van der Waals surface area (Å²) in [4.78, 5) is 4.73. The van der Waals surface area contributed by atoms with Gasteiger partial charge in [-0.1, -0.05) is 12.1 Å². The summed E-state index contributed by atoms with van der Waals surface area (Å²) in [6, 6.07) is 7.91. The second kappa shape index (κ2) is 12.7. The van der Waals surface area contributed by atoms with Gasteiger partial charge >= 0.3 is 0 Å². The fourth-order valence-electron chi connectivity index (χ4n) is 3.37. The smallest absolute Gasteiger partial charge is 0.191 e. The van der Waals surface area contributed by atoms with Crippen LogP contribution in [0.2, 0.25) is 0 Å². The van der Waals surface area contributed by atoms with Crippen molar-refractivity contribution in [3.63, 3.8) is 0 Å². The van der Waals surface area contributed by atoms with E-state index in [0.717, 1.165) is 60.3 Å². The Bertz CT molecular complexity index is 803. The molecule has 1 aliphatic carbocycles. The molecule has 1 aromatic heterocycles. The molecule has 2 aromatic rings. The van der Waals surface area contributed by atoms with Gasteiger partial charge in [-0.15, -0.1) is 24.0 Å². The lowest BCUT2D eigenvalue weighted by Crippen LogP contribution is -2.36. The van der Waals surface area contributed by atoms with Crippen LogP contribution in [-0.2, 0) is 19.5 Å². The van der Waals surface area contributed by atoms with Gasteiger partial charge in [0.05, 0.1) is 32.0 Å². The number of ether oxygens (including phenoxy) is 2. The number of nitrogens with zero attached hydrogens (tertiary/aromatic N) is 2. The number of benzene rings is 1. The molecule has 1 fully saturated rings. The highest BCUT2D eigenvalue weighted by molar-refractivity contribution is 14.0. The molecule has 8 heteroatoms. The molecule has 166 valence electrons. The summed E-state index contributed by atoms with van der Waals surface area (Å²) in [7, 11) is 1.67. The molecule has 0 aliphatic heterocycles. The van der Waals surface area contributed by atoms with Gasteiger partial charge in [0, 0.05) is 24.2 Å². The third kappa shape index (κ3) is 7.07. The number of aromatic nitrogens is 1. The summed E-state index contributed by atoms with van der Waals surface area (Å²) in [5.41, 5.74) is 2.00. The summed E-state index contributed by atoms with van der Waals surface area (Å²) in [6.45, 7) is 5.92. The lowest BCUT2D eigenvalue weighted by Gasteiger charge is -2.17. The normalized spacial score (nSPS) is 14.3. The number of halogens is 1. The average molecular weight is 528 g/mol. The Hall–Kier alpha value is -1.97. The monoisotopic (exact) mass is 528 g/mol. The summed E-state index contributed by atoms with van der Waals surface area (Å²) in [5, 5.41) is 10.6. The van der Waals surface area contributed by atoms with Crippen molar-refractivity contribution in [1.29, 1.82) is 0 Å².